The van der Waals surface area contributed by atoms with Gasteiger partial charge in [0.25, 0.3) is 0 Å². The maximum Gasteiger partial charge on any atom is 0.250 e. The third kappa shape index (κ3) is 3.15. The molecule has 0 spiro atoms. The summed E-state index contributed by atoms with van der Waals surface area (Å²) in [5.74, 6) is -2.33. The highest BCUT2D eigenvalue weighted by molar-refractivity contribution is 4.95. The van der Waals surface area contributed by atoms with Gasteiger partial charge in [-0.2, -0.15) is 0 Å². The number of hydrogen-bond acceptors (Lipinski definition) is 0. The molecular formula is C13H24F2. The van der Waals surface area contributed by atoms with Gasteiger partial charge in [0.2, 0.25) is 5.92 Å². The molecule has 0 aromatic heterocycles. The van der Waals surface area contributed by atoms with Crippen LogP contribution in [-0.2, 0) is 0 Å². The number of halogens is 2. The van der Waals surface area contributed by atoms with Crippen LogP contribution in [0.25, 0.3) is 0 Å². The molecule has 0 atom stereocenters. The smallest absolute Gasteiger partial charge is 0.207 e. The van der Waals surface area contributed by atoms with E-state index in [2.05, 4.69) is 13.8 Å². The predicted octanol–water partition coefficient (Wildman–Crippen LogP) is 4.88. The Balaban J connectivity index is 2.28. The fourth-order valence-electron chi connectivity index (χ4n) is 2.24. The van der Waals surface area contributed by atoms with E-state index in [4.69, 9.17) is 0 Å². The number of alkyl halides is 2. The molecule has 1 saturated carbocycles. The first-order valence-electron chi connectivity index (χ1n) is 6.18. The van der Waals surface area contributed by atoms with Crippen molar-refractivity contribution in [2.45, 2.75) is 65.7 Å². The summed E-state index contributed by atoms with van der Waals surface area (Å²) in [4.78, 5) is 0. The van der Waals surface area contributed by atoms with E-state index in [9.17, 15) is 8.78 Å². The van der Waals surface area contributed by atoms with Crippen molar-refractivity contribution in [1.29, 1.82) is 0 Å². The van der Waals surface area contributed by atoms with Gasteiger partial charge in [-0.3, -0.25) is 0 Å². The minimum atomic E-state index is -2.47. The molecule has 90 valence electrons. The summed E-state index contributed by atoms with van der Waals surface area (Å²) in [6.07, 6.45) is 4.24. The monoisotopic (exact) mass is 218 g/mol. The lowest BCUT2D eigenvalue weighted by Gasteiger charge is -2.23. The van der Waals surface area contributed by atoms with E-state index >= 15 is 0 Å². The van der Waals surface area contributed by atoms with Crippen molar-refractivity contribution in [2.24, 2.45) is 17.3 Å². The molecule has 0 unspecified atom stereocenters. The van der Waals surface area contributed by atoms with E-state index in [1.54, 1.807) is 13.8 Å². The van der Waals surface area contributed by atoms with Crippen LogP contribution in [0, 0.1) is 17.3 Å². The van der Waals surface area contributed by atoms with E-state index < -0.39 is 11.8 Å². The van der Waals surface area contributed by atoms with Gasteiger partial charge in [0.1, 0.15) is 0 Å². The largest absolute Gasteiger partial charge is 0.250 e. The molecule has 0 N–H and O–H groups in total. The van der Waals surface area contributed by atoms with Crippen LogP contribution in [0.5, 0.6) is 0 Å². The van der Waals surface area contributed by atoms with Crippen molar-refractivity contribution in [1.82, 2.24) is 0 Å². The van der Waals surface area contributed by atoms with Crippen LogP contribution < -0.4 is 0 Å². The van der Waals surface area contributed by atoms with Gasteiger partial charge in [0, 0.05) is 12.3 Å². The lowest BCUT2D eigenvalue weighted by molar-refractivity contribution is -0.0552. The molecule has 0 amide bonds. The van der Waals surface area contributed by atoms with Crippen LogP contribution in [-0.4, -0.2) is 5.92 Å². The average molecular weight is 218 g/mol. The van der Waals surface area contributed by atoms with Crippen molar-refractivity contribution in [2.75, 3.05) is 0 Å². The fourth-order valence-corrected chi connectivity index (χ4v) is 2.24. The normalized spacial score (nSPS) is 20.0. The van der Waals surface area contributed by atoms with E-state index in [1.807, 2.05) is 0 Å². The zero-order valence-corrected chi connectivity index (χ0v) is 10.4. The lowest BCUT2D eigenvalue weighted by Crippen LogP contribution is -2.24. The quantitative estimate of drug-likeness (QED) is 0.595. The van der Waals surface area contributed by atoms with Crippen molar-refractivity contribution >= 4 is 0 Å². The second kappa shape index (κ2) is 4.39. The van der Waals surface area contributed by atoms with Gasteiger partial charge in [0.15, 0.2) is 0 Å². The van der Waals surface area contributed by atoms with Gasteiger partial charge in [-0.05, 0) is 37.0 Å². The molecule has 0 bridgehead atoms. The lowest BCUT2D eigenvalue weighted by atomic mass is 9.86. The Bertz CT molecular complexity index is 193. The van der Waals surface area contributed by atoms with Crippen molar-refractivity contribution in [3.8, 4) is 0 Å². The first-order valence-corrected chi connectivity index (χ1v) is 6.18. The van der Waals surface area contributed by atoms with Gasteiger partial charge >= 0.3 is 0 Å². The summed E-state index contributed by atoms with van der Waals surface area (Å²) in [5, 5.41) is 0. The van der Waals surface area contributed by atoms with Crippen molar-refractivity contribution in [3.05, 3.63) is 0 Å². The Morgan fingerprint density at radius 1 is 1.13 bits per heavy atom. The first-order chi connectivity index (χ1) is 6.80. The van der Waals surface area contributed by atoms with Crippen LogP contribution >= 0.6 is 0 Å². The highest BCUT2D eigenvalue weighted by Crippen LogP contribution is 2.55. The molecule has 0 aromatic rings. The van der Waals surface area contributed by atoms with Crippen LogP contribution in [0.4, 0.5) is 8.78 Å². The number of hydrogen-bond donors (Lipinski definition) is 0. The molecule has 15 heavy (non-hydrogen) atoms. The Morgan fingerprint density at radius 3 is 2.00 bits per heavy atom. The Morgan fingerprint density at radius 2 is 1.67 bits per heavy atom. The molecular weight excluding hydrogens is 194 g/mol. The molecule has 0 aliphatic heterocycles. The first kappa shape index (κ1) is 12.9. The maximum atomic E-state index is 13.3. The van der Waals surface area contributed by atoms with Gasteiger partial charge in [-0.25, -0.2) is 8.78 Å². The average Bonchev–Trinajstić information content (AvgIpc) is 2.84. The molecule has 1 aliphatic rings. The second-order valence-electron chi connectivity index (χ2n) is 5.79. The zero-order chi connectivity index (χ0) is 11.7. The molecule has 0 radical (unpaired) electrons. The van der Waals surface area contributed by atoms with E-state index in [1.165, 1.54) is 12.8 Å². The summed E-state index contributed by atoms with van der Waals surface area (Å²) < 4.78 is 26.7. The highest BCUT2D eigenvalue weighted by atomic mass is 19.3. The minimum Gasteiger partial charge on any atom is -0.207 e. The molecule has 0 aromatic carbocycles. The molecule has 0 nitrogen and oxygen atoms in total. The molecule has 1 fully saturated rings. The topological polar surface area (TPSA) is 0 Å². The molecule has 0 saturated heterocycles. The predicted molar refractivity (Wildman–Crippen MR) is 60.1 cm³/mol. The van der Waals surface area contributed by atoms with Gasteiger partial charge in [-0.15, -0.1) is 0 Å². The molecule has 2 heteroatoms. The second-order valence-corrected chi connectivity index (χ2v) is 5.79. The molecule has 1 aliphatic carbocycles. The summed E-state index contributed by atoms with van der Waals surface area (Å²) >= 11 is 0. The van der Waals surface area contributed by atoms with E-state index in [-0.39, 0.29) is 6.42 Å². The van der Waals surface area contributed by atoms with Crippen molar-refractivity contribution < 1.29 is 8.78 Å². The van der Waals surface area contributed by atoms with Crippen LogP contribution in [0.2, 0.25) is 0 Å². The summed E-state index contributed by atoms with van der Waals surface area (Å²) in [5.41, 5.74) is 0.424. The molecule has 0 heterocycles. The number of rotatable bonds is 6. The van der Waals surface area contributed by atoms with Crippen LogP contribution in [0.1, 0.15) is 59.8 Å². The Hall–Kier alpha value is -0.140. The SMILES string of the molecule is CC(C)C(F)(F)CCCC1(C(C)C)CC1. The van der Waals surface area contributed by atoms with E-state index in [0.717, 1.165) is 6.42 Å². The highest BCUT2D eigenvalue weighted by Gasteiger charge is 2.45. The summed E-state index contributed by atoms with van der Waals surface area (Å²) in [7, 11) is 0. The van der Waals surface area contributed by atoms with Gasteiger partial charge < -0.3 is 0 Å². The van der Waals surface area contributed by atoms with Crippen LogP contribution in [0.15, 0.2) is 0 Å². The summed E-state index contributed by atoms with van der Waals surface area (Å²) in [6, 6.07) is 0. The summed E-state index contributed by atoms with van der Waals surface area (Å²) in [6.45, 7) is 7.64. The Kier molecular flexibility index (Phi) is 3.78. The van der Waals surface area contributed by atoms with Crippen molar-refractivity contribution in [3.63, 3.8) is 0 Å². The minimum absolute atomic E-state index is 0.0686. The Labute approximate surface area is 92.4 Å². The fraction of sp³-hybridized carbons (Fsp3) is 1.00. The van der Waals surface area contributed by atoms with Crippen LogP contribution in [0.3, 0.4) is 0 Å². The zero-order valence-electron chi connectivity index (χ0n) is 10.4. The third-order valence-corrected chi connectivity index (χ3v) is 4.15. The van der Waals surface area contributed by atoms with Gasteiger partial charge in [-0.1, -0.05) is 27.7 Å². The van der Waals surface area contributed by atoms with Gasteiger partial charge in [0.05, 0.1) is 0 Å². The maximum absolute atomic E-state index is 13.3. The van der Waals surface area contributed by atoms with E-state index in [0.29, 0.717) is 17.8 Å². The molecule has 1 rings (SSSR count). The third-order valence-electron chi connectivity index (χ3n) is 4.15. The standard InChI is InChI=1S/C13H24F2/c1-10(2)12(8-9-12)6-5-7-13(14,15)11(3)4/h10-11H,5-9H2,1-4H3.